The number of aliphatic carboxylic acids is 1. The Hall–Kier alpha value is -2.35. The van der Waals surface area contributed by atoms with Crippen LogP contribution < -0.4 is 10.6 Å². The molecule has 0 saturated carbocycles. The highest BCUT2D eigenvalue weighted by Crippen LogP contribution is 2.19. The van der Waals surface area contributed by atoms with Crippen LogP contribution in [0.25, 0.3) is 0 Å². The highest BCUT2D eigenvalue weighted by molar-refractivity contribution is 5.94. The third-order valence-corrected chi connectivity index (χ3v) is 3.06. The smallest absolute Gasteiger partial charge is 0.332 e. The fourth-order valence-electron chi connectivity index (χ4n) is 1.98. The fourth-order valence-corrected chi connectivity index (χ4v) is 1.98. The van der Waals surface area contributed by atoms with E-state index in [9.17, 15) is 14.4 Å². The molecule has 2 unspecified atom stereocenters. The SMILES string of the molecule is O=C(CNC(=O)c1ccco1)NCC1CCC(C(=O)O)O1. The maximum Gasteiger partial charge on any atom is 0.332 e. The molecule has 114 valence electrons. The van der Waals surface area contributed by atoms with Crippen molar-refractivity contribution in [2.45, 2.75) is 25.0 Å². The maximum atomic E-state index is 11.6. The summed E-state index contributed by atoms with van der Waals surface area (Å²) in [6, 6.07) is 3.07. The van der Waals surface area contributed by atoms with Crippen molar-refractivity contribution >= 4 is 17.8 Å². The van der Waals surface area contributed by atoms with Gasteiger partial charge in [0.2, 0.25) is 5.91 Å². The molecule has 0 bridgehead atoms. The minimum absolute atomic E-state index is 0.131. The van der Waals surface area contributed by atoms with Crippen LogP contribution in [-0.4, -0.2) is 48.2 Å². The molecule has 1 aromatic rings. The first-order valence-corrected chi connectivity index (χ1v) is 6.53. The summed E-state index contributed by atoms with van der Waals surface area (Å²) < 4.78 is 10.1. The van der Waals surface area contributed by atoms with Crippen molar-refractivity contribution < 1.29 is 28.6 Å². The second-order valence-electron chi connectivity index (χ2n) is 4.63. The molecule has 2 heterocycles. The Morgan fingerprint density at radius 2 is 2.10 bits per heavy atom. The standard InChI is InChI=1S/C13H16N2O6/c16-11(7-15-12(17)9-2-1-5-20-9)14-6-8-3-4-10(21-8)13(18)19/h1-2,5,8,10H,3-4,6-7H2,(H,14,16)(H,15,17)(H,18,19). The summed E-state index contributed by atoms with van der Waals surface area (Å²) in [5.41, 5.74) is 0. The molecule has 0 radical (unpaired) electrons. The van der Waals surface area contributed by atoms with Crippen LogP contribution in [0.5, 0.6) is 0 Å². The summed E-state index contributed by atoms with van der Waals surface area (Å²) in [7, 11) is 0. The molecule has 1 aliphatic rings. The first-order chi connectivity index (χ1) is 10.1. The van der Waals surface area contributed by atoms with Crippen molar-refractivity contribution in [2.24, 2.45) is 0 Å². The molecule has 2 atom stereocenters. The Balaban J connectivity index is 1.64. The summed E-state index contributed by atoms with van der Waals surface area (Å²) in [5.74, 6) is -1.71. The number of carbonyl (C=O) groups is 3. The van der Waals surface area contributed by atoms with Gasteiger partial charge in [0.1, 0.15) is 0 Å². The molecule has 3 N–H and O–H groups in total. The van der Waals surface area contributed by atoms with Crippen LogP contribution >= 0.6 is 0 Å². The van der Waals surface area contributed by atoms with Gasteiger partial charge in [-0.25, -0.2) is 4.79 Å². The maximum absolute atomic E-state index is 11.6. The fraction of sp³-hybridized carbons (Fsp3) is 0.462. The van der Waals surface area contributed by atoms with Crippen LogP contribution in [-0.2, 0) is 14.3 Å². The number of ether oxygens (including phenoxy) is 1. The van der Waals surface area contributed by atoms with Crippen LogP contribution in [0.3, 0.4) is 0 Å². The zero-order valence-electron chi connectivity index (χ0n) is 11.2. The normalized spacial score (nSPS) is 21.0. The number of carbonyl (C=O) groups excluding carboxylic acids is 2. The van der Waals surface area contributed by atoms with Crippen LogP contribution in [0.2, 0.25) is 0 Å². The molecule has 1 saturated heterocycles. The van der Waals surface area contributed by atoms with Gasteiger partial charge in [0.25, 0.3) is 5.91 Å². The lowest BCUT2D eigenvalue weighted by Gasteiger charge is -2.12. The summed E-state index contributed by atoms with van der Waals surface area (Å²) in [5, 5.41) is 13.8. The number of furan rings is 1. The predicted molar refractivity (Wildman–Crippen MR) is 69.6 cm³/mol. The van der Waals surface area contributed by atoms with Crippen LogP contribution in [0.4, 0.5) is 0 Å². The highest BCUT2D eigenvalue weighted by atomic mass is 16.5. The molecule has 8 nitrogen and oxygen atoms in total. The predicted octanol–water partition coefficient (Wildman–Crippen LogP) is -0.242. The number of amides is 2. The van der Waals surface area contributed by atoms with Gasteiger partial charge < -0.3 is 24.9 Å². The number of hydrogen-bond acceptors (Lipinski definition) is 5. The average molecular weight is 296 g/mol. The second-order valence-corrected chi connectivity index (χ2v) is 4.63. The van der Waals surface area contributed by atoms with E-state index in [2.05, 4.69) is 10.6 Å². The Bertz CT molecular complexity index is 513. The number of carboxylic acids is 1. The number of rotatable bonds is 6. The van der Waals surface area contributed by atoms with E-state index < -0.39 is 18.0 Å². The minimum Gasteiger partial charge on any atom is -0.479 e. The van der Waals surface area contributed by atoms with E-state index in [4.69, 9.17) is 14.3 Å². The van der Waals surface area contributed by atoms with E-state index in [1.807, 2.05) is 0 Å². The summed E-state index contributed by atoms with van der Waals surface area (Å²) in [4.78, 5) is 33.8. The number of nitrogens with one attached hydrogen (secondary N) is 2. The summed E-state index contributed by atoms with van der Waals surface area (Å²) in [6.07, 6.45) is 1.27. The van der Waals surface area contributed by atoms with Gasteiger partial charge in [-0.2, -0.15) is 0 Å². The average Bonchev–Trinajstić information content (AvgIpc) is 3.13. The minimum atomic E-state index is -0.991. The number of carboxylic acid groups (broad SMARTS) is 1. The molecular formula is C13H16N2O6. The third kappa shape index (κ3) is 4.32. The van der Waals surface area contributed by atoms with Gasteiger partial charge in [0.05, 0.1) is 18.9 Å². The number of hydrogen-bond donors (Lipinski definition) is 3. The van der Waals surface area contributed by atoms with Crippen molar-refractivity contribution in [2.75, 3.05) is 13.1 Å². The van der Waals surface area contributed by atoms with Crippen molar-refractivity contribution in [1.82, 2.24) is 10.6 Å². The molecule has 21 heavy (non-hydrogen) atoms. The lowest BCUT2D eigenvalue weighted by molar-refractivity contribution is -0.149. The first-order valence-electron chi connectivity index (χ1n) is 6.53. The molecule has 1 aliphatic heterocycles. The van der Waals surface area contributed by atoms with Crippen LogP contribution in [0.15, 0.2) is 22.8 Å². The lowest BCUT2D eigenvalue weighted by Crippen LogP contribution is -2.40. The quantitative estimate of drug-likeness (QED) is 0.666. The Morgan fingerprint density at radius 3 is 2.71 bits per heavy atom. The van der Waals surface area contributed by atoms with E-state index >= 15 is 0 Å². The molecular weight excluding hydrogens is 280 g/mol. The van der Waals surface area contributed by atoms with Gasteiger partial charge in [-0.3, -0.25) is 9.59 Å². The topological polar surface area (TPSA) is 118 Å². The molecule has 1 fully saturated rings. The highest BCUT2D eigenvalue weighted by Gasteiger charge is 2.30. The van der Waals surface area contributed by atoms with Gasteiger partial charge >= 0.3 is 5.97 Å². The lowest BCUT2D eigenvalue weighted by atomic mass is 10.2. The van der Waals surface area contributed by atoms with Gasteiger partial charge in [-0.15, -0.1) is 0 Å². The van der Waals surface area contributed by atoms with E-state index in [-0.39, 0.29) is 30.9 Å². The van der Waals surface area contributed by atoms with Gasteiger partial charge in [0.15, 0.2) is 11.9 Å². The van der Waals surface area contributed by atoms with Crippen LogP contribution in [0.1, 0.15) is 23.4 Å². The molecule has 0 aliphatic carbocycles. The van der Waals surface area contributed by atoms with Gasteiger partial charge in [-0.1, -0.05) is 0 Å². The van der Waals surface area contributed by atoms with Crippen molar-refractivity contribution in [1.29, 1.82) is 0 Å². The second kappa shape index (κ2) is 6.89. The summed E-state index contributed by atoms with van der Waals surface area (Å²) in [6.45, 7) is 0.0356. The third-order valence-electron chi connectivity index (χ3n) is 3.06. The van der Waals surface area contributed by atoms with E-state index in [1.54, 1.807) is 6.07 Å². The molecule has 8 heteroatoms. The summed E-state index contributed by atoms with van der Waals surface area (Å²) >= 11 is 0. The first kappa shape index (κ1) is 15.0. The molecule has 2 amide bonds. The molecule has 0 aromatic carbocycles. The Morgan fingerprint density at radius 1 is 1.29 bits per heavy atom. The van der Waals surface area contributed by atoms with E-state index in [0.29, 0.717) is 12.8 Å². The van der Waals surface area contributed by atoms with Gasteiger partial charge in [-0.05, 0) is 25.0 Å². The van der Waals surface area contributed by atoms with E-state index in [0.717, 1.165) is 0 Å². The molecule has 0 spiro atoms. The van der Waals surface area contributed by atoms with Crippen molar-refractivity contribution in [3.8, 4) is 0 Å². The zero-order valence-corrected chi connectivity index (χ0v) is 11.2. The van der Waals surface area contributed by atoms with Crippen molar-refractivity contribution in [3.63, 3.8) is 0 Å². The Kier molecular flexibility index (Phi) is 4.94. The van der Waals surface area contributed by atoms with E-state index in [1.165, 1.54) is 12.3 Å². The van der Waals surface area contributed by atoms with Gasteiger partial charge in [0, 0.05) is 6.54 Å². The van der Waals surface area contributed by atoms with Crippen LogP contribution in [0, 0.1) is 0 Å². The zero-order chi connectivity index (χ0) is 15.2. The molecule has 2 rings (SSSR count). The Labute approximate surface area is 120 Å². The largest absolute Gasteiger partial charge is 0.479 e. The monoisotopic (exact) mass is 296 g/mol. The molecule has 1 aromatic heterocycles. The van der Waals surface area contributed by atoms with Crippen molar-refractivity contribution in [3.05, 3.63) is 24.2 Å².